The minimum atomic E-state index is -0.579. The summed E-state index contributed by atoms with van der Waals surface area (Å²) >= 11 is 1.56. The normalized spacial score (nSPS) is 15.8. The maximum absolute atomic E-state index is 13.9. The summed E-state index contributed by atoms with van der Waals surface area (Å²) in [7, 11) is 0. The monoisotopic (exact) mass is 489 g/mol. The number of anilines is 1. The zero-order valence-electron chi connectivity index (χ0n) is 20.1. The van der Waals surface area contributed by atoms with E-state index in [0.717, 1.165) is 16.8 Å². The molecule has 4 aromatic rings. The smallest absolute Gasteiger partial charge is 0.256 e. The summed E-state index contributed by atoms with van der Waals surface area (Å²) in [6, 6.07) is 10.6. The number of hydrogen-bond donors (Lipinski definition) is 1. The van der Waals surface area contributed by atoms with Gasteiger partial charge in [0.05, 0.1) is 29.3 Å². The number of nitrogens with one attached hydrogen (secondary N) is 1. The lowest BCUT2D eigenvalue weighted by molar-refractivity contribution is -0.119. The third-order valence-corrected chi connectivity index (χ3v) is 7.29. The highest BCUT2D eigenvalue weighted by atomic mass is 32.2. The molecule has 0 aliphatic carbocycles. The van der Waals surface area contributed by atoms with Crippen LogP contribution >= 0.6 is 11.8 Å². The van der Waals surface area contributed by atoms with Crippen molar-refractivity contribution in [3.63, 3.8) is 0 Å². The maximum atomic E-state index is 13.9. The summed E-state index contributed by atoms with van der Waals surface area (Å²) in [6.45, 7) is 8.07. The fourth-order valence-corrected chi connectivity index (χ4v) is 5.34. The average Bonchev–Trinajstić information content (AvgIpc) is 3.60. The molecule has 0 bridgehead atoms. The summed E-state index contributed by atoms with van der Waals surface area (Å²) in [5, 5.41) is 8.13. The van der Waals surface area contributed by atoms with Crippen LogP contribution in [0.25, 0.3) is 22.5 Å². The maximum Gasteiger partial charge on any atom is 0.256 e. The molecule has 0 radical (unpaired) electrons. The number of rotatable bonds is 5. The average molecular weight is 490 g/mol. The SMILES string of the molecule is Cc1ccc(NC(=O)C2CSCN2C(=O)c2cc(-c3ccco3)nc3c2cnn3C(C)C)cc1C. The number of nitrogens with zero attached hydrogens (tertiary/aromatic N) is 4. The lowest BCUT2D eigenvalue weighted by Crippen LogP contribution is -2.44. The first-order chi connectivity index (χ1) is 16.8. The minimum Gasteiger partial charge on any atom is -0.463 e. The van der Waals surface area contributed by atoms with Crippen LogP contribution in [-0.4, -0.2) is 49.2 Å². The Morgan fingerprint density at radius 2 is 2.00 bits per heavy atom. The summed E-state index contributed by atoms with van der Waals surface area (Å²) in [4.78, 5) is 33.4. The van der Waals surface area contributed by atoms with Crippen molar-refractivity contribution < 1.29 is 14.0 Å². The first-order valence-electron chi connectivity index (χ1n) is 11.5. The molecule has 1 N–H and O–H groups in total. The van der Waals surface area contributed by atoms with Crippen LogP contribution in [0.1, 0.15) is 41.4 Å². The first kappa shape index (κ1) is 23.2. The van der Waals surface area contributed by atoms with Crippen LogP contribution in [0.2, 0.25) is 0 Å². The number of pyridine rings is 1. The van der Waals surface area contributed by atoms with Gasteiger partial charge in [0.2, 0.25) is 5.91 Å². The number of amides is 2. The largest absolute Gasteiger partial charge is 0.463 e. The summed E-state index contributed by atoms with van der Waals surface area (Å²) in [6.07, 6.45) is 3.25. The molecule has 8 nitrogen and oxygen atoms in total. The molecule has 4 heterocycles. The van der Waals surface area contributed by atoms with E-state index in [9.17, 15) is 9.59 Å². The van der Waals surface area contributed by atoms with E-state index in [-0.39, 0.29) is 17.9 Å². The number of hydrogen-bond acceptors (Lipinski definition) is 6. The molecule has 3 aromatic heterocycles. The van der Waals surface area contributed by atoms with Gasteiger partial charge in [0.15, 0.2) is 11.4 Å². The predicted octanol–water partition coefficient (Wildman–Crippen LogP) is 5.04. The number of carbonyl (C=O) groups excluding carboxylic acids is 2. The van der Waals surface area contributed by atoms with Crippen molar-refractivity contribution in [2.45, 2.75) is 39.8 Å². The van der Waals surface area contributed by atoms with Crippen molar-refractivity contribution in [1.82, 2.24) is 19.7 Å². The molecule has 180 valence electrons. The number of carbonyl (C=O) groups is 2. The van der Waals surface area contributed by atoms with Crippen molar-refractivity contribution in [3.05, 3.63) is 65.5 Å². The molecule has 5 rings (SSSR count). The Morgan fingerprint density at radius 1 is 1.17 bits per heavy atom. The molecular weight excluding hydrogens is 462 g/mol. The molecule has 1 aliphatic rings. The summed E-state index contributed by atoms with van der Waals surface area (Å²) < 4.78 is 7.36. The summed E-state index contributed by atoms with van der Waals surface area (Å²) in [5.74, 6) is 1.12. The molecule has 2 amide bonds. The van der Waals surface area contributed by atoms with Gasteiger partial charge in [0, 0.05) is 17.5 Å². The zero-order valence-corrected chi connectivity index (χ0v) is 20.9. The third kappa shape index (κ3) is 4.32. The Labute approximate surface area is 207 Å². The van der Waals surface area contributed by atoms with E-state index in [1.807, 2.05) is 52.0 Å². The molecule has 1 atom stereocenters. The topological polar surface area (TPSA) is 93.3 Å². The van der Waals surface area contributed by atoms with Crippen LogP contribution in [0.5, 0.6) is 0 Å². The molecule has 0 saturated carbocycles. The lowest BCUT2D eigenvalue weighted by Gasteiger charge is -2.24. The van der Waals surface area contributed by atoms with Crippen molar-refractivity contribution in [2.24, 2.45) is 0 Å². The van der Waals surface area contributed by atoms with E-state index in [1.54, 1.807) is 45.9 Å². The minimum absolute atomic E-state index is 0.0636. The molecule has 0 spiro atoms. The van der Waals surface area contributed by atoms with E-state index in [1.165, 1.54) is 0 Å². The second-order valence-electron chi connectivity index (χ2n) is 9.03. The third-order valence-electron chi connectivity index (χ3n) is 6.28. The zero-order chi connectivity index (χ0) is 24.7. The van der Waals surface area contributed by atoms with Crippen LogP contribution in [-0.2, 0) is 4.79 Å². The van der Waals surface area contributed by atoms with Crippen LogP contribution in [0, 0.1) is 13.8 Å². The van der Waals surface area contributed by atoms with Crippen LogP contribution in [0.4, 0.5) is 5.69 Å². The van der Waals surface area contributed by atoms with Gasteiger partial charge in [-0.25, -0.2) is 9.67 Å². The van der Waals surface area contributed by atoms with Crippen LogP contribution < -0.4 is 5.32 Å². The second kappa shape index (κ2) is 9.22. The van der Waals surface area contributed by atoms with Crippen molar-refractivity contribution in [1.29, 1.82) is 0 Å². The van der Waals surface area contributed by atoms with E-state index in [0.29, 0.717) is 39.7 Å². The quantitative estimate of drug-likeness (QED) is 0.422. The Bertz CT molecular complexity index is 1410. The fraction of sp³-hybridized carbons (Fsp3) is 0.308. The standard InChI is InChI=1S/C26H27N5O3S/c1-15(2)31-24-20(12-27-31)19(11-21(29-24)23-6-5-9-34-23)26(33)30-14-35-13-22(30)25(32)28-18-8-7-16(3)17(4)10-18/h5-12,15,22H,13-14H2,1-4H3,(H,28,32). The Morgan fingerprint density at radius 3 is 2.71 bits per heavy atom. The van der Waals surface area contributed by atoms with Gasteiger partial charge in [-0.15, -0.1) is 11.8 Å². The number of thioether (sulfide) groups is 1. The second-order valence-corrected chi connectivity index (χ2v) is 10.0. The number of aryl methyl sites for hydroxylation is 2. The van der Waals surface area contributed by atoms with Crippen molar-refractivity contribution in [3.8, 4) is 11.5 Å². The van der Waals surface area contributed by atoms with E-state index >= 15 is 0 Å². The number of furan rings is 1. The molecule has 1 aliphatic heterocycles. The van der Waals surface area contributed by atoms with Gasteiger partial charge in [-0.05, 0) is 69.2 Å². The predicted molar refractivity (Wildman–Crippen MR) is 137 cm³/mol. The first-order valence-corrected chi connectivity index (χ1v) is 12.7. The van der Waals surface area contributed by atoms with Gasteiger partial charge in [0.1, 0.15) is 11.7 Å². The van der Waals surface area contributed by atoms with Gasteiger partial charge >= 0.3 is 0 Å². The highest BCUT2D eigenvalue weighted by molar-refractivity contribution is 7.99. The van der Waals surface area contributed by atoms with Gasteiger partial charge in [-0.3, -0.25) is 9.59 Å². The van der Waals surface area contributed by atoms with Crippen LogP contribution in [0.3, 0.4) is 0 Å². The van der Waals surface area contributed by atoms with E-state index < -0.39 is 6.04 Å². The van der Waals surface area contributed by atoms with Gasteiger partial charge in [-0.2, -0.15) is 5.10 Å². The van der Waals surface area contributed by atoms with Gasteiger partial charge in [-0.1, -0.05) is 6.07 Å². The molecule has 35 heavy (non-hydrogen) atoms. The molecule has 1 fully saturated rings. The molecule has 1 saturated heterocycles. The Kier molecular flexibility index (Phi) is 6.10. The summed E-state index contributed by atoms with van der Waals surface area (Å²) in [5.41, 5.74) is 4.61. The fourth-order valence-electron chi connectivity index (χ4n) is 4.18. The van der Waals surface area contributed by atoms with Gasteiger partial charge in [0.25, 0.3) is 5.91 Å². The van der Waals surface area contributed by atoms with Gasteiger partial charge < -0.3 is 14.6 Å². The number of aromatic nitrogens is 3. The van der Waals surface area contributed by atoms with Crippen LogP contribution in [0.15, 0.2) is 53.3 Å². The van der Waals surface area contributed by atoms with Crippen molar-refractivity contribution >= 4 is 40.3 Å². The highest BCUT2D eigenvalue weighted by Crippen LogP contribution is 2.31. The molecule has 1 unspecified atom stereocenters. The van der Waals surface area contributed by atoms with E-state index in [4.69, 9.17) is 9.40 Å². The van der Waals surface area contributed by atoms with E-state index in [2.05, 4.69) is 10.4 Å². The van der Waals surface area contributed by atoms with Crippen molar-refractivity contribution in [2.75, 3.05) is 16.9 Å². The Balaban J connectivity index is 1.50. The molecule has 1 aromatic carbocycles. The Hall–Kier alpha value is -3.59. The lowest BCUT2D eigenvalue weighted by atomic mass is 10.1. The molecular formula is C26H27N5O3S. The molecule has 9 heteroatoms. The highest BCUT2D eigenvalue weighted by Gasteiger charge is 2.36. The number of benzene rings is 1. The number of fused-ring (bicyclic) bond motifs is 1.